The first kappa shape index (κ1) is 17.8. The third-order valence-corrected chi connectivity index (χ3v) is 5.01. The molecule has 128 valence electrons. The van der Waals surface area contributed by atoms with Gasteiger partial charge in [-0.25, -0.2) is 4.79 Å². The van der Waals surface area contributed by atoms with Crippen LogP contribution < -0.4 is 0 Å². The Balaban J connectivity index is 2.11. The minimum atomic E-state index is -1.22. The van der Waals surface area contributed by atoms with Crippen molar-refractivity contribution >= 4 is 39.3 Å². The molecule has 0 spiro atoms. The number of aliphatic hydroxyl groups is 1. The number of pyridine rings is 1. The fourth-order valence-electron chi connectivity index (χ4n) is 2.75. The molecule has 2 aromatic carbocycles. The monoisotopic (exact) mass is 447 g/mol. The summed E-state index contributed by atoms with van der Waals surface area (Å²) in [4.78, 5) is 16.6. The Morgan fingerprint density at radius 1 is 1.12 bits per heavy atom. The van der Waals surface area contributed by atoms with Crippen molar-refractivity contribution in [2.45, 2.75) is 19.4 Å². The van der Waals surface area contributed by atoms with E-state index in [4.69, 9.17) is 9.72 Å². The third-order valence-electron chi connectivity index (χ3n) is 3.92. The van der Waals surface area contributed by atoms with Crippen LogP contribution in [0.2, 0.25) is 0 Å². The van der Waals surface area contributed by atoms with Crippen LogP contribution in [0.1, 0.15) is 12.6 Å². The molecule has 0 amide bonds. The maximum absolute atomic E-state index is 11.8. The highest BCUT2D eigenvalue weighted by Gasteiger charge is 2.21. The fourth-order valence-corrected chi connectivity index (χ4v) is 3.65. The topological polar surface area (TPSA) is 59.4 Å². The predicted octanol–water partition coefficient (Wildman–Crippen LogP) is 3.97. The molecule has 0 radical (unpaired) electrons. The molecule has 4 nitrogen and oxygen atoms in total. The maximum Gasteiger partial charge on any atom is 0.335 e. The molecule has 1 aromatic heterocycles. The zero-order valence-electron chi connectivity index (χ0n) is 13.8. The number of benzene rings is 2. The van der Waals surface area contributed by atoms with E-state index in [2.05, 4.69) is 22.6 Å². The van der Waals surface area contributed by atoms with E-state index in [1.54, 1.807) is 6.92 Å². The summed E-state index contributed by atoms with van der Waals surface area (Å²) in [6.07, 6.45) is -1.10. The summed E-state index contributed by atoms with van der Waals surface area (Å²) in [7, 11) is 0. The van der Waals surface area contributed by atoms with Gasteiger partial charge in [0.15, 0.2) is 6.10 Å². The molecule has 0 bridgehead atoms. The number of aliphatic hydroxyl groups excluding tert-OH is 1. The zero-order chi connectivity index (χ0) is 17.8. The Kier molecular flexibility index (Phi) is 5.65. The molecule has 3 aromatic rings. The SMILES string of the molecule is CCOC(=O)C(O)Cc1nc(-c2ccccc2)c(I)c2ccccc12. The minimum absolute atomic E-state index is 0.121. The number of aromatic nitrogens is 1. The molecule has 1 atom stereocenters. The quantitative estimate of drug-likeness (QED) is 0.475. The predicted molar refractivity (Wildman–Crippen MR) is 106 cm³/mol. The van der Waals surface area contributed by atoms with E-state index in [1.807, 2.05) is 54.6 Å². The number of hydrogen-bond donors (Lipinski definition) is 1. The molecular formula is C20H18INO3. The Morgan fingerprint density at radius 3 is 2.44 bits per heavy atom. The van der Waals surface area contributed by atoms with Crippen LogP contribution in [-0.2, 0) is 16.0 Å². The van der Waals surface area contributed by atoms with Gasteiger partial charge in [0, 0.05) is 20.9 Å². The summed E-state index contributed by atoms with van der Waals surface area (Å²) in [5, 5.41) is 12.2. The first-order valence-electron chi connectivity index (χ1n) is 8.09. The number of nitrogens with zero attached hydrogens (tertiary/aromatic N) is 1. The zero-order valence-corrected chi connectivity index (χ0v) is 15.9. The number of hydrogen-bond acceptors (Lipinski definition) is 4. The lowest BCUT2D eigenvalue weighted by Crippen LogP contribution is -2.26. The second-order valence-electron chi connectivity index (χ2n) is 5.60. The molecule has 0 aliphatic carbocycles. The summed E-state index contributed by atoms with van der Waals surface area (Å²) >= 11 is 2.30. The van der Waals surface area contributed by atoms with Crippen LogP contribution >= 0.6 is 22.6 Å². The van der Waals surface area contributed by atoms with E-state index in [1.165, 1.54) is 0 Å². The van der Waals surface area contributed by atoms with Crippen LogP contribution in [0, 0.1) is 3.57 Å². The van der Waals surface area contributed by atoms with Gasteiger partial charge in [-0.2, -0.15) is 0 Å². The van der Waals surface area contributed by atoms with Gasteiger partial charge in [0.1, 0.15) is 0 Å². The molecule has 3 rings (SSSR count). The van der Waals surface area contributed by atoms with Crippen molar-refractivity contribution in [2.75, 3.05) is 6.61 Å². The molecule has 1 unspecified atom stereocenters. The lowest BCUT2D eigenvalue weighted by atomic mass is 10.0. The lowest BCUT2D eigenvalue weighted by molar-refractivity contribution is -0.152. The molecule has 1 N–H and O–H groups in total. The maximum atomic E-state index is 11.8. The number of carbonyl (C=O) groups is 1. The van der Waals surface area contributed by atoms with Crippen molar-refractivity contribution in [1.29, 1.82) is 0 Å². The fraction of sp³-hybridized carbons (Fsp3) is 0.200. The van der Waals surface area contributed by atoms with E-state index in [-0.39, 0.29) is 13.0 Å². The Labute approximate surface area is 160 Å². The molecule has 5 heteroatoms. The highest BCUT2D eigenvalue weighted by Crippen LogP contribution is 2.32. The molecule has 0 aliphatic rings. The van der Waals surface area contributed by atoms with Crippen LogP contribution in [0.4, 0.5) is 0 Å². The summed E-state index contributed by atoms with van der Waals surface area (Å²) in [5.74, 6) is -0.617. The van der Waals surface area contributed by atoms with Crippen LogP contribution in [0.5, 0.6) is 0 Å². The summed E-state index contributed by atoms with van der Waals surface area (Å²) in [6, 6.07) is 17.8. The van der Waals surface area contributed by atoms with Crippen LogP contribution in [-0.4, -0.2) is 28.8 Å². The number of halogens is 1. The summed E-state index contributed by atoms with van der Waals surface area (Å²) < 4.78 is 5.96. The van der Waals surface area contributed by atoms with Crippen molar-refractivity contribution in [1.82, 2.24) is 4.98 Å². The van der Waals surface area contributed by atoms with Gasteiger partial charge >= 0.3 is 5.97 Å². The molecule has 0 saturated carbocycles. The van der Waals surface area contributed by atoms with Crippen LogP contribution in [0.15, 0.2) is 54.6 Å². The molecular weight excluding hydrogens is 429 g/mol. The van der Waals surface area contributed by atoms with Crippen LogP contribution in [0.25, 0.3) is 22.0 Å². The van der Waals surface area contributed by atoms with Gasteiger partial charge in [-0.1, -0.05) is 54.6 Å². The number of carbonyl (C=O) groups excluding carboxylic acids is 1. The highest BCUT2D eigenvalue weighted by atomic mass is 127. The van der Waals surface area contributed by atoms with Crippen molar-refractivity contribution in [3.05, 3.63) is 63.9 Å². The van der Waals surface area contributed by atoms with Crippen molar-refractivity contribution in [3.8, 4) is 11.3 Å². The van der Waals surface area contributed by atoms with Gasteiger partial charge in [-0.3, -0.25) is 4.98 Å². The molecule has 0 saturated heterocycles. The average Bonchev–Trinajstić information content (AvgIpc) is 2.65. The van der Waals surface area contributed by atoms with Gasteiger partial charge in [0.2, 0.25) is 0 Å². The highest BCUT2D eigenvalue weighted by molar-refractivity contribution is 14.1. The number of rotatable bonds is 5. The van der Waals surface area contributed by atoms with Gasteiger partial charge in [0.25, 0.3) is 0 Å². The normalized spacial score (nSPS) is 12.1. The largest absolute Gasteiger partial charge is 0.464 e. The van der Waals surface area contributed by atoms with E-state index >= 15 is 0 Å². The molecule has 0 fully saturated rings. The molecule has 25 heavy (non-hydrogen) atoms. The Morgan fingerprint density at radius 2 is 1.76 bits per heavy atom. The van der Waals surface area contributed by atoms with Crippen molar-refractivity contribution < 1.29 is 14.6 Å². The van der Waals surface area contributed by atoms with Gasteiger partial charge in [-0.05, 0) is 34.9 Å². The van der Waals surface area contributed by atoms with Gasteiger partial charge in [0.05, 0.1) is 18.0 Å². The van der Waals surface area contributed by atoms with E-state index in [9.17, 15) is 9.90 Å². The summed E-state index contributed by atoms with van der Waals surface area (Å²) in [5.41, 5.74) is 2.55. The first-order valence-corrected chi connectivity index (χ1v) is 9.17. The summed E-state index contributed by atoms with van der Waals surface area (Å²) in [6.45, 7) is 1.96. The average molecular weight is 447 g/mol. The standard InChI is InChI=1S/C20H18INO3/c1-2-25-20(24)17(23)12-16-14-10-6-7-11-15(14)18(21)19(22-16)13-8-4-3-5-9-13/h3-11,17,23H,2,12H2,1H3. The number of esters is 1. The van der Waals surface area contributed by atoms with Gasteiger partial charge < -0.3 is 9.84 Å². The second kappa shape index (κ2) is 7.93. The van der Waals surface area contributed by atoms with Crippen LogP contribution in [0.3, 0.4) is 0 Å². The van der Waals surface area contributed by atoms with E-state index in [0.717, 1.165) is 25.6 Å². The lowest BCUT2D eigenvalue weighted by Gasteiger charge is -2.15. The van der Waals surface area contributed by atoms with E-state index in [0.29, 0.717) is 5.69 Å². The van der Waals surface area contributed by atoms with Crippen molar-refractivity contribution in [2.24, 2.45) is 0 Å². The minimum Gasteiger partial charge on any atom is -0.464 e. The van der Waals surface area contributed by atoms with Gasteiger partial charge in [-0.15, -0.1) is 0 Å². The molecule has 1 heterocycles. The number of ether oxygens (including phenoxy) is 1. The Hall–Kier alpha value is -1.99. The second-order valence-corrected chi connectivity index (χ2v) is 6.68. The van der Waals surface area contributed by atoms with Crippen molar-refractivity contribution in [3.63, 3.8) is 0 Å². The number of fused-ring (bicyclic) bond motifs is 1. The third kappa shape index (κ3) is 3.82. The first-order chi connectivity index (χ1) is 12.1. The van der Waals surface area contributed by atoms with E-state index < -0.39 is 12.1 Å². The smallest absolute Gasteiger partial charge is 0.335 e. The molecule has 0 aliphatic heterocycles. The Bertz CT molecular complexity index is 896.